The van der Waals surface area contributed by atoms with Gasteiger partial charge in [0.1, 0.15) is 5.82 Å². The van der Waals surface area contributed by atoms with Crippen LogP contribution in [0.5, 0.6) is 0 Å². The van der Waals surface area contributed by atoms with Crippen molar-refractivity contribution in [1.29, 1.82) is 0 Å². The van der Waals surface area contributed by atoms with Gasteiger partial charge in [0, 0.05) is 37.0 Å². The molecular formula is C23H22FN5O. The molecule has 1 N–H and O–H groups in total. The number of benzene rings is 2. The van der Waals surface area contributed by atoms with E-state index >= 15 is 0 Å². The first-order valence-corrected chi connectivity index (χ1v) is 10.2. The van der Waals surface area contributed by atoms with E-state index in [4.69, 9.17) is 0 Å². The Balaban J connectivity index is 1.24. The Morgan fingerprint density at radius 1 is 1.10 bits per heavy atom. The number of hydrogen-bond acceptors (Lipinski definition) is 3. The molecule has 0 atom stereocenters. The van der Waals surface area contributed by atoms with Crippen LogP contribution >= 0.6 is 0 Å². The van der Waals surface area contributed by atoms with Crippen LogP contribution in [0.25, 0.3) is 22.2 Å². The highest BCUT2D eigenvalue weighted by Crippen LogP contribution is 2.26. The Bertz CT molecular complexity index is 1160. The van der Waals surface area contributed by atoms with Crippen molar-refractivity contribution in [3.63, 3.8) is 0 Å². The lowest BCUT2D eigenvalue weighted by Gasteiger charge is -2.32. The number of likely N-dealkylation sites (tertiary alicyclic amines) is 1. The molecule has 6 nitrogen and oxygen atoms in total. The summed E-state index contributed by atoms with van der Waals surface area (Å²) in [7, 11) is 0. The van der Waals surface area contributed by atoms with Gasteiger partial charge in [-0.25, -0.2) is 9.37 Å². The molecule has 0 aliphatic carbocycles. The van der Waals surface area contributed by atoms with Gasteiger partial charge in [-0.3, -0.25) is 9.89 Å². The van der Waals surface area contributed by atoms with Crippen LogP contribution < -0.4 is 0 Å². The predicted octanol–water partition coefficient (Wildman–Crippen LogP) is 4.12. The number of aromatic amines is 1. The zero-order chi connectivity index (χ0) is 20.5. The summed E-state index contributed by atoms with van der Waals surface area (Å²) in [6.45, 7) is 2.33. The third kappa shape index (κ3) is 3.58. The van der Waals surface area contributed by atoms with Crippen LogP contribution in [0.3, 0.4) is 0 Å². The molecule has 1 saturated heterocycles. The number of nitrogens with one attached hydrogen (secondary N) is 1. The van der Waals surface area contributed by atoms with Crippen molar-refractivity contribution in [1.82, 2.24) is 24.6 Å². The predicted molar refractivity (Wildman–Crippen MR) is 112 cm³/mol. The smallest absolute Gasteiger partial charge is 0.253 e. The zero-order valence-corrected chi connectivity index (χ0v) is 16.5. The van der Waals surface area contributed by atoms with Gasteiger partial charge in [0.2, 0.25) is 0 Å². The Labute approximate surface area is 173 Å². The van der Waals surface area contributed by atoms with E-state index in [1.807, 2.05) is 17.4 Å². The number of carbonyl (C=O) groups is 1. The molecule has 5 rings (SSSR count). The van der Waals surface area contributed by atoms with Crippen molar-refractivity contribution >= 4 is 16.9 Å². The number of fused-ring (bicyclic) bond motifs is 1. The van der Waals surface area contributed by atoms with Crippen molar-refractivity contribution < 1.29 is 9.18 Å². The van der Waals surface area contributed by atoms with Crippen molar-refractivity contribution in [2.75, 3.05) is 13.1 Å². The standard InChI is InChI=1S/C23H22FN5O/c24-20-4-1-17(2-5-20)23(30)28-9-7-16(8-10-28)14-29-15-25-21-11-18(3-6-22(21)29)19-12-26-27-13-19/h1-6,11-13,15-16H,7-10,14H2,(H,26,27). The molecule has 0 unspecified atom stereocenters. The quantitative estimate of drug-likeness (QED) is 0.557. The molecule has 2 aromatic heterocycles. The van der Waals surface area contributed by atoms with Crippen molar-refractivity contribution in [2.24, 2.45) is 5.92 Å². The van der Waals surface area contributed by atoms with Gasteiger partial charge >= 0.3 is 0 Å². The summed E-state index contributed by atoms with van der Waals surface area (Å²) in [6, 6.07) is 12.1. The maximum absolute atomic E-state index is 13.1. The summed E-state index contributed by atoms with van der Waals surface area (Å²) >= 11 is 0. The van der Waals surface area contributed by atoms with Crippen LogP contribution in [0, 0.1) is 11.7 Å². The molecule has 152 valence electrons. The summed E-state index contributed by atoms with van der Waals surface area (Å²) in [4.78, 5) is 19.1. The van der Waals surface area contributed by atoms with Crippen LogP contribution in [0.1, 0.15) is 23.2 Å². The third-order valence-corrected chi connectivity index (χ3v) is 5.90. The fourth-order valence-electron chi connectivity index (χ4n) is 4.17. The average molecular weight is 403 g/mol. The molecule has 0 saturated carbocycles. The molecule has 1 aliphatic heterocycles. The van der Waals surface area contributed by atoms with Crippen molar-refractivity contribution in [3.05, 3.63) is 72.6 Å². The van der Waals surface area contributed by atoms with Gasteiger partial charge in [0.25, 0.3) is 5.91 Å². The minimum atomic E-state index is -0.324. The number of nitrogens with zero attached hydrogens (tertiary/aromatic N) is 4. The Hall–Kier alpha value is -3.48. The molecule has 30 heavy (non-hydrogen) atoms. The van der Waals surface area contributed by atoms with Gasteiger partial charge in [-0.2, -0.15) is 5.10 Å². The molecule has 4 aromatic rings. The normalized spacial score (nSPS) is 15.0. The molecule has 0 bridgehead atoms. The number of piperidine rings is 1. The van der Waals surface area contributed by atoms with Gasteiger partial charge < -0.3 is 9.47 Å². The second-order valence-electron chi connectivity index (χ2n) is 7.83. The van der Waals surface area contributed by atoms with Gasteiger partial charge in [-0.1, -0.05) is 6.07 Å². The van der Waals surface area contributed by atoms with E-state index in [-0.39, 0.29) is 11.7 Å². The van der Waals surface area contributed by atoms with Gasteiger partial charge in [0.15, 0.2) is 0 Å². The number of amides is 1. The lowest BCUT2D eigenvalue weighted by atomic mass is 9.96. The van der Waals surface area contributed by atoms with E-state index in [2.05, 4.69) is 37.9 Å². The van der Waals surface area contributed by atoms with Gasteiger partial charge in [-0.05, 0) is 60.7 Å². The lowest BCUT2D eigenvalue weighted by molar-refractivity contribution is 0.0683. The fraction of sp³-hybridized carbons (Fsp3) is 0.261. The Morgan fingerprint density at radius 3 is 2.63 bits per heavy atom. The highest BCUT2D eigenvalue weighted by atomic mass is 19.1. The average Bonchev–Trinajstić information content (AvgIpc) is 3.45. The molecule has 3 heterocycles. The Morgan fingerprint density at radius 2 is 1.90 bits per heavy atom. The fourth-order valence-corrected chi connectivity index (χ4v) is 4.17. The molecule has 1 fully saturated rings. The summed E-state index contributed by atoms with van der Waals surface area (Å²) in [5, 5.41) is 6.85. The molecule has 2 aromatic carbocycles. The summed E-state index contributed by atoms with van der Waals surface area (Å²) < 4.78 is 15.3. The number of aromatic nitrogens is 4. The minimum Gasteiger partial charge on any atom is -0.339 e. The van der Waals surface area contributed by atoms with E-state index in [0.29, 0.717) is 11.5 Å². The first-order valence-electron chi connectivity index (χ1n) is 10.2. The van der Waals surface area contributed by atoms with Crippen molar-refractivity contribution in [3.8, 4) is 11.1 Å². The van der Waals surface area contributed by atoms with Crippen LogP contribution in [0.4, 0.5) is 4.39 Å². The molecule has 1 amide bonds. The molecule has 0 radical (unpaired) electrons. The lowest BCUT2D eigenvalue weighted by Crippen LogP contribution is -2.39. The summed E-state index contributed by atoms with van der Waals surface area (Å²) in [5.74, 6) is 0.149. The van der Waals surface area contributed by atoms with Crippen LogP contribution in [-0.2, 0) is 6.54 Å². The SMILES string of the molecule is O=C(c1ccc(F)cc1)N1CCC(Cn2cnc3cc(-c4cn[nH]c4)ccc32)CC1. The number of halogens is 1. The summed E-state index contributed by atoms with van der Waals surface area (Å²) in [5.41, 5.74) is 4.77. The third-order valence-electron chi connectivity index (χ3n) is 5.90. The number of H-pyrrole nitrogens is 1. The number of hydrogen-bond donors (Lipinski definition) is 1. The van der Waals surface area contributed by atoms with E-state index in [1.54, 1.807) is 18.3 Å². The van der Waals surface area contributed by atoms with Crippen LogP contribution in [0.2, 0.25) is 0 Å². The minimum absolute atomic E-state index is 0.0201. The van der Waals surface area contributed by atoms with E-state index < -0.39 is 0 Å². The van der Waals surface area contributed by atoms with Crippen LogP contribution in [0.15, 0.2) is 61.2 Å². The summed E-state index contributed by atoms with van der Waals surface area (Å²) in [6.07, 6.45) is 7.47. The second kappa shape index (κ2) is 7.74. The van der Waals surface area contributed by atoms with E-state index in [0.717, 1.165) is 54.6 Å². The largest absolute Gasteiger partial charge is 0.339 e. The highest BCUT2D eigenvalue weighted by Gasteiger charge is 2.24. The van der Waals surface area contributed by atoms with E-state index in [1.165, 1.54) is 12.1 Å². The molecule has 7 heteroatoms. The number of carbonyl (C=O) groups excluding carboxylic acids is 1. The van der Waals surface area contributed by atoms with E-state index in [9.17, 15) is 9.18 Å². The number of rotatable bonds is 4. The van der Waals surface area contributed by atoms with Gasteiger partial charge in [0.05, 0.1) is 23.6 Å². The van der Waals surface area contributed by atoms with Crippen molar-refractivity contribution in [2.45, 2.75) is 19.4 Å². The molecule has 1 aliphatic rings. The maximum Gasteiger partial charge on any atom is 0.253 e. The first-order chi connectivity index (χ1) is 14.7. The Kier molecular flexibility index (Phi) is 4.78. The molecule has 0 spiro atoms. The highest BCUT2D eigenvalue weighted by molar-refractivity contribution is 5.94. The van der Waals surface area contributed by atoms with Crippen LogP contribution in [-0.4, -0.2) is 43.6 Å². The second-order valence-corrected chi connectivity index (χ2v) is 7.83. The monoisotopic (exact) mass is 403 g/mol. The number of imidazole rings is 1. The molecular weight excluding hydrogens is 381 g/mol. The maximum atomic E-state index is 13.1. The topological polar surface area (TPSA) is 66.8 Å². The van der Waals surface area contributed by atoms with Gasteiger partial charge in [-0.15, -0.1) is 0 Å². The first kappa shape index (κ1) is 18.5. The zero-order valence-electron chi connectivity index (χ0n) is 16.5.